The Morgan fingerprint density at radius 3 is 3.00 bits per heavy atom. The molecule has 0 N–H and O–H groups in total. The fraction of sp³-hybridized carbons (Fsp3) is 0.364. The van der Waals surface area contributed by atoms with Crippen molar-refractivity contribution in [1.82, 2.24) is 0 Å². The standard InChI is InChI=1S/C11H13BrO2S/c1-14-5-2-6-15-11-4-3-10(12)7-9(11)8-13/h3-4,7-8H,2,5-6H2,1H3. The van der Waals surface area contributed by atoms with E-state index in [0.717, 1.165) is 40.0 Å². The summed E-state index contributed by atoms with van der Waals surface area (Å²) >= 11 is 5.03. The maximum atomic E-state index is 10.8. The lowest BCUT2D eigenvalue weighted by Crippen LogP contribution is -1.92. The summed E-state index contributed by atoms with van der Waals surface area (Å²) in [4.78, 5) is 11.8. The molecule has 0 saturated carbocycles. The Hall–Kier alpha value is -0.320. The van der Waals surface area contributed by atoms with Crippen LogP contribution in [0.25, 0.3) is 0 Å². The van der Waals surface area contributed by atoms with Gasteiger partial charge in [-0.05, 0) is 24.6 Å². The molecule has 15 heavy (non-hydrogen) atoms. The molecular formula is C11H13BrO2S. The van der Waals surface area contributed by atoms with Gasteiger partial charge in [-0.25, -0.2) is 0 Å². The third kappa shape index (κ3) is 4.36. The molecule has 0 aromatic heterocycles. The highest BCUT2D eigenvalue weighted by Gasteiger charge is 2.02. The van der Waals surface area contributed by atoms with E-state index in [0.29, 0.717) is 0 Å². The van der Waals surface area contributed by atoms with Gasteiger partial charge in [0.25, 0.3) is 0 Å². The minimum atomic E-state index is 0.742. The van der Waals surface area contributed by atoms with Gasteiger partial charge in [0.2, 0.25) is 0 Å². The summed E-state index contributed by atoms with van der Waals surface area (Å²) in [6, 6.07) is 5.75. The second-order valence-corrected chi connectivity index (χ2v) is 5.05. The Bertz CT molecular complexity index is 328. The second-order valence-electron chi connectivity index (χ2n) is 2.99. The monoisotopic (exact) mass is 288 g/mol. The molecule has 0 saturated heterocycles. The van der Waals surface area contributed by atoms with Crippen LogP contribution in [0.4, 0.5) is 0 Å². The fourth-order valence-electron chi connectivity index (χ4n) is 1.13. The molecule has 0 aliphatic heterocycles. The number of hydrogen-bond acceptors (Lipinski definition) is 3. The predicted octanol–water partition coefficient (Wildman–Crippen LogP) is 3.39. The summed E-state index contributed by atoms with van der Waals surface area (Å²) in [7, 11) is 1.70. The van der Waals surface area contributed by atoms with Crippen molar-refractivity contribution in [2.24, 2.45) is 0 Å². The van der Waals surface area contributed by atoms with E-state index < -0.39 is 0 Å². The molecular weight excluding hydrogens is 276 g/mol. The summed E-state index contributed by atoms with van der Waals surface area (Å²) in [6.07, 6.45) is 1.89. The molecule has 1 rings (SSSR count). The molecule has 0 aliphatic rings. The molecule has 0 amide bonds. The Morgan fingerprint density at radius 2 is 2.33 bits per heavy atom. The van der Waals surface area contributed by atoms with Gasteiger partial charge in [-0.15, -0.1) is 11.8 Å². The van der Waals surface area contributed by atoms with Gasteiger partial charge < -0.3 is 4.74 Å². The number of carbonyl (C=O) groups is 1. The van der Waals surface area contributed by atoms with Crippen molar-refractivity contribution in [3.63, 3.8) is 0 Å². The Labute approximate surface area is 103 Å². The van der Waals surface area contributed by atoms with E-state index in [-0.39, 0.29) is 0 Å². The summed E-state index contributed by atoms with van der Waals surface area (Å²) in [6.45, 7) is 0.764. The van der Waals surface area contributed by atoms with E-state index in [1.807, 2.05) is 18.2 Å². The summed E-state index contributed by atoms with van der Waals surface area (Å²) in [5, 5.41) is 0. The summed E-state index contributed by atoms with van der Waals surface area (Å²) < 4.78 is 5.90. The third-order valence-electron chi connectivity index (χ3n) is 1.85. The second kappa shape index (κ2) is 7.04. The van der Waals surface area contributed by atoms with Crippen LogP contribution in [-0.2, 0) is 4.74 Å². The number of aldehydes is 1. The zero-order valence-electron chi connectivity index (χ0n) is 8.53. The van der Waals surface area contributed by atoms with Crippen LogP contribution in [0, 0.1) is 0 Å². The van der Waals surface area contributed by atoms with Crippen molar-refractivity contribution < 1.29 is 9.53 Å². The molecule has 0 fully saturated rings. The van der Waals surface area contributed by atoms with Crippen molar-refractivity contribution in [1.29, 1.82) is 0 Å². The number of benzene rings is 1. The van der Waals surface area contributed by atoms with Crippen LogP contribution in [0.3, 0.4) is 0 Å². The zero-order chi connectivity index (χ0) is 11.1. The Balaban J connectivity index is 2.56. The number of thioether (sulfide) groups is 1. The topological polar surface area (TPSA) is 26.3 Å². The molecule has 82 valence electrons. The van der Waals surface area contributed by atoms with Crippen LogP contribution in [0.5, 0.6) is 0 Å². The van der Waals surface area contributed by atoms with E-state index in [1.165, 1.54) is 0 Å². The lowest BCUT2D eigenvalue weighted by Gasteiger charge is -2.04. The van der Waals surface area contributed by atoms with Crippen LogP contribution >= 0.6 is 27.7 Å². The van der Waals surface area contributed by atoms with Crippen LogP contribution in [0.1, 0.15) is 16.8 Å². The Kier molecular flexibility index (Phi) is 5.98. The lowest BCUT2D eigenvalue weighted by atomic mass is 10.2. The molecule has 0 aliphatic carbocycles. The number of ether oxygens (including phenoxy) is 1. The quantitative estimate of drug-likeness (QED) is 0.456. The largest absolute Gasteiger partial charge is 0.385 e. The molecule has 0 bridgehead atoms. The Morgan fingerprint density at radius 1 is 1.53 bits per heavy atom. The van der Waals surface area contributed by atoms with Crippen LogP contribution in [0.2, 0.25) is 0 Å². The molecule has 1 aromatic carbocycles. The number of hydrogen-bond donors (Lipinski definition) is 0. The first-order valence-electron chi connectivity index (χ1n) is 4.64. The molecule has 2 nitrogen and oxygen atoms in total. The lowest BCUT2D eigenvalue weighted by molar-refractivity contribution is 0.112. The van der Waals surface area contributed by atoms with Gasteiger partial charge in [-0.2, -0.15) is 0 Å². The van der Waals surface area contributed by atoms with Gasteiger partial charge in [0.15, 0.2) is 6.29 Å². The molecule has 0 atom stereocenters. The normalized spacial score (nSPS) is 10.3. The molecule has 1 aromatic rings. The fourth-order valence-corrected chi connectivity index (χ4v) is 2.43. The van der Waals surface area contributed by atoms with Crippen LogP contribution < -0.4 is 0 Å². The summed E-state index contributed by atoms with van der Waals surface area (Å²) in [5.41, 5.74) is 0.742. The van der Waals surface area contributed by atoms with Crippen molar-refractivity contribution in [3.05, 3.63) is 28.2 Å². The summed E-state index contributed by atoms with van der Waals surface area (Å²) in [5.74, 6) is 0.969. The number of rotatable bonds is 6. The molecule has 4 heteroatoms. The third-order valence-corrected chi connectivity index (χ3v) is 3.52. The molecule has 0 radical (unpaired) electrons. The van der Waals surface area contributed by atoms with E-state index in [1.54, 1.807) is 18.9 Å². The first kappa shape index (κ1) is 12.7. The maximum Gasteiger partial charge on any atom is 0.151 e. The number of halogens is 1. The van der Waals surface area contributed by atoms with E-state index in [9.17, 15) is 4.79 Å². The van der Waals surface area contributed by atoms with E-state index >= 15 is 0 Å². The van der Waals surface area contributed by atoms with Crippen molar-refractivity contribution in [3.8, 4) is 0 Å². The first-order chi connectivity index (χ1) is 7.27. The van der Waals surface area contributed by atoms with Gasteiger partial charge in [-0.3, -0.25) is 4.79 Å². The average molecular weight is 289 g/mol. The average Bonchev–Trinajstić information content (AvgIpc) is 2.26. The highest BCUT2D eigenvalue weighted by atomic mass is 79.9. The molecule has 0 spiro atoms. The molecule has 0 heterocycles. The molecule has 0 unspecified atom stereocenters. The minimum absolute atomic E-state index is 0.742. The van der Waals surface area contributed by atoms with Crippen molar-refractivity contribution in [2.75, 3.05) is 19.5 Å². The van der Waals surface area contributed by atoms with Gasteiger partial charge in [0, 0.05) is 34.4 Å². The van der Waals surface area contributed by atoms with Gasteiger partial charge in [-0.1, -0.05) is 15.9 Å². The number of methoxy groups -OCH3 is 1. The van der Waals surface area contributed by atoms with Crippen LogP contribution in [0.15, 0.2) is 27.6 Å². The van der Waals surface area contributed by atoms with E-state index in [2.05, 4.69) is 15.9 Å². The van der Waals surface area contributed by atoms with Crippen molar-refractivity contribution in [2.45, 2.75) is 11.3 Å². The number of carbonyl (C=O) groups excluding carboxylic acids is 1. The first-order valence-corrected chi connectivity index (χ1v) is 6.42. The highest BCUT2D eigenvalue weighted by molar-refractivity contribution is 9.10. The minimum Gasteiger partial charge on any atom is -0.385 e. The zero-order valence-corrected chi connectivity index (χ0v) is 10.9. The predicted molar refractivity (Wildman–Crippen MR) is 66.7 cm³/mol. The van der Waals surface area contributed by atoms with Gasteiger partial charge in [0.1, 0.15) is 0 Å². The maximum absolute atomic E-state index is 10.8. The highest BCUT2D eigenvalue weighted by Crippen LogP contribution is 2.25. The van der Waals surface area contributed by atoms with Gasteiger partial charge in [0.05, 0.1) is 0 Å². The van der Waals surface area contributed by atoms with Crippen molar-refractivity contribution >= 4 is 34.0 Å². The SMILES string of the molecule is COCCCSc1ccc(Br)cc1C=O. The van der Waals surface area contributed by atoms with Crippen LogP contribution in [-0.4, -0.2) is 25.8 Å². The van der Waals surface area contributed by atoms with Gasteiger partial charge >= 0.3 is 0 Å². The smallest absolute Gasteiger partial charge is 0.151 e. The van der Waals surface area contributed by atoms with E-state index in [4.69, 9.17) is 4.74 Å².